The summed E-state index contributed by atoms with van der Waals surface area (Å²) in [5, 5.41) is 7.69. The fraction of sp³-hybridized carbons (Fsp3) is 0.778. The summed E-state index contributed by atoms with van der Waals surface area (Å²) in [5.41, 5.74) is 0.956. The van der Waals surface area contributed by atoms with E-state index in [-0.39, 0.29) is 12.1 Å². The van der Waals surface area contributed by atoms with Crippen molar-refractivity contribution in [2.24, 2.45) is 5.92 Å². The maximum atomic E-state index is 12.5. The normalized spacial score (nSPS) is 19.1. The molecule has 2 aliphatic rings. The van der Waals surface area contributed by atoms with Gasteiger partial charge in [0.2, 0.25) is 0 Å². The smallest absolute Gasteiger partial charge is 0.317 e. The molecule has 0 aliphatic heterocycles. The monoisotopic (exact) mass is 318 g/mol. The van der Waals surface area contributed by atoms with Crippen molar-refractivity contribution in [3.63, 3.8) is 0 Å². The first-order valence-electron chi connectivity index (χ1n) is 9.22. The van der Waals surface area contributed by atoms with Crippen LogP contribution < -0.4 is 5.32 Å². The summed E-state index contributed by atoms with van der Waals surface area (Å²) in [5.74, 6) is 0.699. The molecule has 1 heterocycles. The number of hydrogen-bond donors (Lipinski definition) is 1. The van der Waals surface area contributed by atoms with Gasteiger partial charge in [0.1, 0.15) is 0 Å². The van der Waals surface area contributed by atoms with Crippen molar-refractivity contribution in [3.8, 4) is 0 Å². The zero-order valence-electron chi connectivity index (χ0n) is 14.5. The number of aromatic nitrogens is 2. The number of carbonyl (C=O) groups excluding carboxylic acids is 1. The molecule has 0 saturated heterocycles. The van der Waals surface area contributed by atoms with E-state index in [1.807, 2.05) is 11.0 Å². The van der Waals surface area contributed by atoms with Crippen LogP contribution in [0.15, 0.2) is 12.3 Å². The molecule has 23 heavy (non-hydrogen) atoms. The van der Waals surface area contributed by atoms with Gasteiger partial charge in [-0.2, -0.15) is 5.10 Å². The first kappa shape index (κ1) is 16.3. The second kappa shape index (κ2) is 7.37. The highest BCUT2D eigenvalue weighted by atomic mass is 16.2. The maximum Gasteiger partial charge on any atom is 0.317 e. The van der Waals surface area contributed by atoms with E-state index in [9.17, 15) is 4.79 Å². The Kier molecular flexibility index (Phi) is 5.23. The number of urea groups is 1. The molecule has 0 spiro atoms. The van der Waals surface area contributed by atoms with Gasteiger partial charge in [-0.05, 0) is 51.5 Å². The molecule has 2 fully saturated rings. The fourth-order valence-electron chi connectivity index (χ4n) is 3.59. The molecule has 0 bridgehead atoms. The summed E-state index contributed by atoms with van der Waals surface area (Å²) < 4.78 is 2.09. The topological polar surface area (TPSA) is 50.2 Å². The van der Waals surface area contributed by atoms with Crippen LogP contribution in [0.1, 0.15) is 70.5 Å². The molecule has 0 aromatic carbocycles. The molecule has 128 valence electrons. The van der Waals surface area contributed by atoms with E-state index in [0.717, 1.165) is 12.2 Å². The molecule has 1 aromatic rings. The largest absolute Gasteiger partial charge is 0.332 e. The maximum absolute atomic E-state index is 12.5. The molecule has 5 nitrogen and oxygen atoms in total. The molecule has 3 rings (SSSR count). The van der Waals surface area contributed by atoms with Gasteiger partial charge in [0.15, 0.2) is 0 Å². The zero-order valence-corrected chi connectivity index (χ0v) is 14.5. The van der Waals surface area contributed by atoms with Crippen molar-refractivity contribution >= 4 is 6.03 Å². The number of rotatable bonds is 6. The van der Waals surface area contributed by atoms with E-state index in [4.69, 9.17) is 0 Å². The summed E-state index contributed by atoms with van der Waals surface area (Å²) >= 11 is 0. The van der Waals surface area contributed by atoms with Crippen molar-refractivity contribution in [2.45, 2.75) is 77.4 Å². The quantitative estimate of drug-likeness (QED) is 0.869. The Labute approximate surface area is 139 Å². The Bertz CT molecular complexity index is 515. The average molecular weight is 318 g/mol. The third-order valence-electron chi connectivity index (χ3n) is 5.35. The summed E-state index contributed by atoms with van der Waals surface area (Å²) in [6, 6.07) is 2.88. The van der Waals surface area contributed by atoms with E-state index < -0.39 is 0 Å². The first-order valence-corrected chi connectivity index (χ1v) is 9.22. The predicted octanol–water partition coefficient (Wildman–Crippen LogP) is 3.72. The Morgan fingerprint density at radius 1 is 1.30 bits per heavy atom. The average Bonchev–Trinajstić information content (AvgIpc) is 3.14. The van der Waals surface area contributed by atoms with E-state index in [0.29, 0.717) is 18.5 Å². The van der Waals surface area contributed by atoms with Gasteiger partial charge in [0.05, 0.1) is 18.3 Å². The fourth-order valence-corrected chi connectivity index (χ4v) is 3.59. The zero-order chi connectivity index (χ0) is 16.2. The highest BCUT2D eigenvalue weighted by molar-refractivity contribution is 5.74. The Balaban J connectivity index is 1.50. The minimum Gasteiger partial charge on any atom is -0.332 e. The van der Waals surface area contributed by atoms with E-state index in [2.05, 4.69) is 35.1 Å². The SMILES string of the molecule is CC(C)N(CC1CCC1)C(=O)NCc1ccn(C2CCCC2)n1. The molecule has 5 heteroatoms. The molecule has 1 N–H and O–H groups in total. The molecule has 2 amide bonds. The van der Waals surface area contributed by atoms with Gasteiger partial charge >= 0.3 is 6.03 Å². The lowest BCUT2D eigenvalue weighted by Gasteiger charge is -2.34. The summed E-state index contributed by atoms with van der Waals surface area (Å²) in [7, 11) is 0. The molecule has 2 saturated carbocycles. The van der Waals surface area contributed by atoms with Crippen molar-refractivity contribution in [2.75, 3.05) is 6.54 Å². The van der Waals surface area contributed by atoms with Crippen molar-refractivity contribution < 1.29 is 4.79 Å². The highest BCUT2D eigenvalue weighted by Gasteiger charge is 2.25. The standard InChI is InChI=1S/C18H30N4O/c1-14(2)21(13-15-6-5-7-15)18(23)19-12-16-10-11-22(20-16)17-8-3-4-9-17/h10-11,14-15,17H,3-9,12-13H2,1-2H3,(H,19,23). The predicted molar refractivity (Wildman–Crippen MR) is 91.2 cm³/mol. The van der Waals surface area contributed by atoms with Crippen LogP contribution in [0.4, 0.5) is 4.79 Å². The Hall–Kier alpha value is -1.52. The van der Waals surface area contributed by atoms with Gasteiger partial charge in [0.25, 0.3) is 0 Å². The number of nitrogens with one attached hydrogen (secondary N) is 1. The number of amides is 2. The van der Waals surface area contributed by atoms with Gasteiger partial charge < -0.3 is 10.2 Å². The molecule has 0 atom stereocenters. The first-order chi connectivity index (χ1) is 11.1. The lowest BCUT2D eigenvalue weighted by atomic mass is 9.85. The third kappa shape index (κ3) is 4.06. The van der Waals surface area contributed by atoms with Gasteiger partial charge in [-0.1, -0.05) is 19.3 Å². The van der Waals surface area contributed by atoms with Gasteiger partial charge in [-0.25, -0.2) is 4.79 Å². The van der Waals surface area contributed by atoms with Gasteiger partial charge in [-0.3, -0.25) is 4.68 Å². The van der Waals surface area contributed by atoms with Gasteiger partial charge in [0, 0.05) is 18.8 Å². The molecule has 0 radical (unpaired) electrons. The van der Waals surface area contributed by atoms with Crippen LogP contribution in [0.25, 0.3) is 0 Å². The Morgan fingerprint density at radius 3 is 2.65 bits per heavy atom. The van der Waals surface area contributed by atoms with Crippen LogP contribution in [0.5, 0.6) is 0 Å². The Morgan fingerprint density at radius 2 is 2.04 bits per heavy atom. The van der Waals surface area contributed by atoms with Crippen LogP contribution in [-0.4, -0.2) is 33.3 Å². The summed E-state index contributed by atoms with van der Waals surface area (Å²) in [6.07, 6.45) is 11.0. The molecule has 0 unspecified atom stereocenters. The molecule has 2 aliphatic carbocycles. The lowest BCUT2D eigenvalue weighted by molar-refractivity contribution is 0.150. The minimum absolute atomic E-state index is 0.0438. The van der Waals surface area contributed by atoms with Crippen LogP contribution in [0, 0.1) is 5.92 Å². The van der Waals surface area contributed by atoms with Crippen molar-refractivity contribution in [1.82, 2.24) is 20.0 Å². The van der Waals surface area contributed by atoms with Crippen LogP contribution >= 0.6 is 0 Å². The van der Waals surface area contributed by atoms with E-state index in [1.165, 1.54) is 44.9 Å². The molecular weight excluding hydrogens is 288 g/mol. The van der Waals surface area contributed by atoms with Crippen LogP contribution in [-0.2, 0) is 6.54 Å². The van der Waals surface area contributed by atoms with Gasteiger partial charge in [-0.15, -0.1) is 0 Å². The van der Waals surface area contributed by atoms with E-state index in [1.54, 1.807) is 0 Å². The second-order valence-corrected chi connectivity index (χ2v) is 7.43. The van der Waals surface area contributed by atoms with Crippen molar-refractivity contribution in [1.29, 1.82) is 0 Å². The third-order valence-corrected chi connectivity index (χ3v) is 5.35. The minimum atomic E-state index is 0.0438. The molecule has 1 aromatic heterocycles. The van der Waals surface area contributed by atoms with Crippen LogP contribution in [0.2, 0.25) is 0 Å². The second-order valence-electron chi connectivity index (χ2n) is 7.43. The van der Waals surface area contributed by atoms with Crippen LogP contribution in [0.3, 0.4) is 0 Å². The highest BCUT2D eigenvalue weighted by Crippen LogP contribution is 2.29. The number of hydrogen-bond acceptors (Lipinski definition) is 2. The number of nitrogens with zero attached hydrogens (tertiary/aromatic N) is 3. The summed E-state index contributed by atoms with van der Waals surface area (Å²) in [6.45, 7) is 5.59. The lowest BCUT2D eigenvalue weighted by Crippen LogP contribution is -2.47. The number of carbonyl (C=O) groups is 1. The van der Waals surface area contributed by atoms with Crippen molar-refractivity contribution in [3.05, 3.63) is 18.0 Å². The summed E-state index contributed by atoms with van der Waals surface area (Å²) in [4.78, 5) is 14.4. The van der Waals surface area contributed by atoms with E-state index >= 15 is 0 Å². The molecular formula is C18H30N4O.